The second kappa shape index (κ2) is 9.42. The molecule has 1 aliphatic rings. The van der Waals surface area contributed by atoms with Crippen molar-refractivity contribution in [2.45, 2.75) is 26.4 Å². The van der Waals surface area contributed by atoms with Crippen LogP contribution in [0.5, 0.6) is 0 Å². The number of hydrogen-bond acceptors (Lipinski definition) is 4. The van der Waals surface area contributed by atoms with Crippen LogP contribution in [0.4, 0.5) is 0 Å². The molecule has 0 bridgehead atoms. The summed E-state index contributed by atoms with van der Waals surface area (Å²) in [7, 11) is 1.43. The van der Waals surface area contributed by atoms with Gasteiger partial charge < -0.3 is 20.1 Å². The third-order valence-corrected chi connectivity index (χ3v) is 4.52. The maximum atomic E-state index is 11.9. The Morgan fingerprint density at radius 2 is 2.12 bits per heavy atom. The van der Waals surface area contributed by atoms with Gasteiger partial charge in [-0.2, -0.15) is 0 Å². The van der Waals surface area contributed by atoms with Crippen LogP contribution in [0.15, 0.2) is 35.3 Å². The monoisotopic (exact) mass is 347 g/mol. The van der Waals surface area contributed by atoms with E-state index in [2.05, 4.69) is 22.1 Å². The van der Waals surface area contributed by atoms with E-state index in [4.69, 9.17) is 4.74 Å². The number of rotatable bonds is 6. The molecular weight excluding hydrogens is 318 g/mol. The van der Waals surface area contributed by atoms with Crippen LogP contribution < -0.4 is 5.32 Å². The molecule has 1 saturated heterocycles. The molecule has 2 N–H and O–H groups in total. The zero-order valence-corrected chi connectivity index (χ0v) is 15.3. The summed E-state index contributed by atoms with van der Waals surface area (Å²) in [5.41, 5.74) is 1.09. The lowest BCUT2D eigenvalue weighted by atomic mass is 9.99. The maximum Gasteiger partial charge on any atom is 0.310 e. The van der Waals surface area contributed by atoms with E-state index in [-0.39, 0.29) is 17.8 Å². The minimum Gasteiger partial charge on any atom is -0.469 e. The zero-order chi connectivity index (χ0) is 18.2. The molecule has 2 rings (SSSR count). The van der Waals surface area contributed by atoms with Crippen LogP contribution in [-0.4, -0.2) is 61.3 Å². The van der Waals surface area contributed by atoms with Gasteiger partial charge in [-0.25, -0.2) is 0 Å². The van der Waals surface area contributed by atoms with Crippen molar-refractivity contribution in [3.63, 3.8) is 0 Å². The fourth-order valence-electron chi connectivity index (χ4n) is 3.17. The second-order valence-electron chi connectivity index (χ2n) is 6.55. The first kappa shape index (κ1) is 19.2. The molecule has 0 amide bonds. The minimum absolute atomic E-state index is 0.136. The van der Waals surface area contributed by atoms with E-state index >= 15 is 0 Å². The Hall–Kier alpha value is -2.08. The van der Waals surface area contributed by atoms with Gasteiger partial charge in [0.2, 0.25) is 0 Å². The Bertz CT molecular complexity index is 577. The number of nitrogens with zero attached hydrogens (tertiary/aromatic N) is 2. The van der Waals surface area contributed by atoms with E-state index in [1.807, 2.05) is 37.3 Å². The lowest BCUT2D eigenvalue weighted by Crippen LogP contribution is -2.41. The normalized spacial score (nSPS) is 21.9. The lowest BCUT2D eigenvalue weighted by Gasteiger charge is -2.22. The molecule has 3 unspecified atom stereocenters. The van der Waals surface area contributed by atoms with E-state index < -0.39 is 6.10 Å². The number of likely N-dealkylation sites (tertiary alicyclic amines) is 1. The largest absolute Gasteiger partial charge is 0.469 e. The molecule has 1 aliphatic heterocycles. The molecule has 6 nitrogen and oxygen atoms in total. The predicted molar refractivity (Wildman–Crippen MR) is 98.4 cm³/mol. The van der Waals surface area contributed by atoms with Crippen LogP contribution in [0.1, 0.15) is 19.4 Å². The third-order valence-electron chi connectivity index (χ3n) is 4.52. The molecule has 0 spiro atoms. The van der Waals surface area contributed by atoms with Crippen LogP contribution in [0.3, 0.4) is 0 Å². The van der Waals surface area contributed by atoms with Crippen molar-refractivity contribution in [3.8, 4) is 0 Å². The van der Waals surface area contributed by atoms with Gasteiger partial charge in [0.05, 0.1) is 25.7 Å². The number of methoxy groups -OCH3 is 1. The molecule has 0 radical (unpaired) electrons. The molecule has 25 heavy (non-hydrogen) atoms. The molecule has 6 heteroatoms. The first-order valence-corrected chi connectivity index (χ1v) is 8.88. The maximum absolute atomic E-state index is 11.9. The van der Waals surface area contributed by atoms with Crippen LogP contribution in [0.2, 0.25) is 0 Å². The molecule has 1 aromatic carbocycles. The quantitative estimate of drug-likeness (QED) is 0.461. The van der Waals surface area contributed by atoms with Gasteiger partial charge in [0, 0.05) is 26.1 Å². The summed E-state index contributed by atoms with van der Waals surface area (Å²) in [5.74, 6) is 0.650. The number of esters is 1. The van der Waals surface area contributed by atoms with Crippen molar-refractivity contribution in [1.82, 2.24) is 10.2 Å². The fraction of sp³-hybridized carbons (Fsp3) is 0.579. The molecule has 0 saturated carbocycles. The summed E-state index contributed by atoms with van der Waals surface area (Å²) in [6.07, 6.45) is 0.0396. The molecule has 0 aromatic heterocycles. The first-order valence-electron chi connectivity index (χ1n) is 8.88. The first-order chi connectivity index (χ1) is 12.0. The number of ether oxygens (including phenoxy) is 1. The van der Waals surface area contributed by atoms with Crippen LogP contribution in [0, 0.1) is 11.8 Å². The van der Waals surface area contributed by atoms with Crippen molar-refractivity contribution in [3.05, 3.63) is 35.9 Å². The summed E-state index contributed by atoms with van der Waals surface area (Å²) in [5, 5.41) is 13.5. The predicted octanol–water partition coefficient (Wildman–Crippen LogP) is 1.30. The van der Waals surface area contributed by atoms with Gasteiger partial charge >= 0.3 is 5.97 Å². The third kappa shape index (κ3) is 5.46. The number of carbonyl (C=O) groups excluding carboxylic acids is 1. The molecular formula is C19H29N3O3. The summed E-state index contributed by atoms with van der Waals surface area (Å²) >= 11 is 0. The van der Waals surface area contributed by atoms with Gasteiger partial charge in [0.1, 0.15) is 0 Å². The van der Waals surface area contributed by atoms with Crippen molar-refractivity contribution < 1.29 is 14.6 Å². The molecule has 3 atom stereocenters. The standard InChI is InChI=1S/C19H29N3O3/c1-4-20-19(22-12-14(2)17(13-22)18(24)25-3)21-11-16(23)10-15-8-6-5-7-9-15/h5-9,14,16-17,23H,4,10-13H2,1-3H3,(H,20,21). The highest BCUT2D eigenvalue weighted by Gasteiger charge is 2.36. The Morgan fingerprint density at radius 1 is 1.40 bits per heavy atom. The number of nitrogens with one attached hydrogen (secondary N) is 1. The average Bonchev–Trinajstić information content (AvgIpc) is 3.00. The SMILES string of the molecule is CCNC(=NCC(O)Cc1ccccc1)N1CC(C)C(C(=O)OC)C1. The Morgan fingerprint density at radius 3 is 2.76 bits per heavy atom. The highest BCUT2D eigenvalue weighted by atomic mass is 16.5. The van der Waals surface area contributed by atoms with E-state index in [0.29, 0.717) is 19.5 Å². The Labute approximate surface area is 149 Å². The second-order valence-corrected chi connectivity index (χ2v) is 6.55. The summed E-state index contributed by atoms with van der Waals surface area (Å²) in [4.78, 5) is 18.5. The van der Waals surface area contributed by atoms with Crippen molar-refractivity contribution in [1.29, 1.82) is 0 Å². The number of guanidine groups is 1. The molecule has 138 valence electrons. The van der Waals surface area contributed by atoms with Gasteiger partial charge in [-0.15, -0.1) is 0 Å². The van der Waals surface area contributed by atoms with E-state index in [9.17, 15) is 9.90 Å². The van der Waals surface area contributed by atoms with Crippen LogP contribution in [0.25, 0.3) is 0 Å². The smallest absolute Gasteiger partial charge is 0.310 e. The Kier molecular flexibility index (Phi) is 7.25. The van der Waals surface area contributed by atoms with Crippen LogP contribution >= 0.6 is 0 Å². The molecule has 1 heterocycles. The van der Waals surface area contributed by atoms with Crippen molar-refractivity contribution >= 4 is 11.9 Å². The minimum atomic E-state index is -0.535. The van der Waals surface area contributed by atoms with Gasteiger partial charge in [-0.1, -0.05) is 37.3 Å². The number of aliphatic hydroxyl groups excluding tert-OH is 1. The number of aliphatic imine (C=N–C) groups is 1. The number of benzene rings is 1. The fourth-order valence-corrected chi connectivity index (χ4v) is 3.17. The lowest BCUT2D eigenvalue weighted by molar-refractivity contribution is -0.145. The topological polar surface area (TPSA) is 74.2 Å². The van der Waals surface area contributed by atoms with Gasteiger partial charge in [0.15, 0.2) is 5.96 Å². The van der Waals surface area contributed by atoms with E-state index in [1.54, 1.807) is 0 Å². The zero-order valence-electron chi connectivity index (χ0n) is 15.3. The number of hydrogen-bond donors (Lipinski definition) is 2. The van der Waals surface area contributed by atoms with Gasteiger partial charge in [0.25, 0.3) is 0 Å². The highest BCUT2D eigenvalue weighted by molar-refractivity contribution is 5.82. The average molecular weight is 347 g/mol. The van der Waals surface area contributed by atoms with Gasteiger partial charge in [-0.3, -0.25) is 9.79 Å². The summed E-state index contributed by atoms with van der Waals surface area (Å²) in [6, 6.07) is 9.90. The molecule has 1 aromatic rings. The van der Waals surface area contributed by atoms with E-state index in [0.717, 1.165) is 24.6 Å². The van der Waals surface area contributed by atoms with Crippen molar-refractivity contribution in [2.24, 2.45) is 16.8 Å². The molecule has 1 fully saturated rings. The Balaban J connectivity index is 1.97. The number of aliphatic hydroxyl groups is 1. The van der Waals surface area contributed by atoms with Gasteiger partial charge in [-0.05, 0) is 18.4 Å². The highest BCUT2D eigenvalue weighted by Crippen LogP contribution is 2.24. The molecule has 0 aliphatic carbocycles. The van der Waals surface area contributed by atoms with Crippen LogP contribution in [-0.2, 0) is 16.0 Å². The number of carbonyl (C=O) groups is 1. The van der Waals surface area contributed by atoms with Crippen molar-refractivity contribution in [2.75, 3.05) is 33.3 Å². The summed E-state index contributed by atoms with van der Waals surface area (Å²) < 4.78 is 4.89. The summed E-state index contributed by atoms with van der Waals surface area (Å²) in [6.45, 7) is 6.46. The van der Waals surface area contributed by atoms with E-state index in [1.165, 1.54) is 7.11 Å².